The molecule has 0 aromatic heterocycles. The van der Waals surface area contributed by atoms with Crippen LogP contribution in [0.3, 0.4) is 0 Å². The monoisotopic (exact) mass is 251 g/mol. The Morgan fingerprint density at radius 3 is 1.88 bits per heavy atom. The molecule has 0 saturated heterocycles. The summed E-state index contributed by atoms with van der Waals surface area (Å²) in [6.07, 6.45) is -4.06. The summed E-state index contributed by atoms with van der Waals surface area (Å²) in [5, 5.41) is 10.8. The zero-order valence-electron chi connectivity index (χ0n) is 8.93. The molecule has 2 saturated carbocycles. The Morgan fingerprint density at radius 1 is 1.12 bits per heavy atom. The SMILES string of the molecule is O=C(O)C1(C(=O)NC2(C(F)(F)F)CC2)CCC1. The van der Waals surface area contributed by atoms with E-state index in [4.69, 9.17) is 5.11 Å². The zero-order chi connectivity index (χ0) is 12.9. The first-order valence-electron chi connectivity index (χ1n) is 5.36. The highest BCUT2D eigenvalue weighted by Gasteiger charge is 2.66. The van der Waals surface area contributed by atoms with Crippen molar-refractivity contribution < 1.29 is 27.9 Å². The lowest BCUT2D eigenvalue weighted by atomic mass is 9.68. The van der Waals surface area contributed by atoms with Crippen molar-refractivity contribution in [1.82, 2.24) is 5.32 Å². The van der Waals surface area contributed by atoms with Gasteiger partial charge in [-0.25, -0.2) is 0 Å². The van der Waals surface area contributed by atoms with Crippen molar-refractivity contribution in [2.24, 2.45) is 5.41 Å². The molecule has 2 aliphatic rings. The van der Waals surface area contributed by atoms with E-state index in [1.54, 1.807) is 0 Å². The van der Waals surface area contributed by atoms with Crippen molar-refractivity contribution in [3.05, 3.63) is 0 Å². The predicted octanol–water partition coefficient (Wildman–Crippen LogP) is 1.45. The zero-order valence-corrected chi connectivity index (χ0v) is 8.93. The highest BCUT2D eigenvalue weighted by molar-refractivity contribution is 6.03. The summed E-state index contributed by atoms with van der Waals surface area (Å²) in [6, 6.07) is 0. The van der Waals surface area contributed by atoms with E-state index >= 15 is 0 Å². The molecule has 0 aromatic carbocycles. The second kappa shape index (κ2) is 3.36. The fraction of sp³-hybridized carbons (Fsp3) is 0.800. The third kappa shape index (κ3) is 1.68. The second-order valence-electron chi connectivity index (χ2n) is 4.77. The summed E-state index contributed by atoms with van der Waals surface area (Å²) in [5.41, 5.74) is -3.82. The number of halogens is 3. The van der Waals surface area contributed by atoms with Crippen molar-refractivity contribution in [1.29, 1.82) is 0 Å². The van der Waals surface area contributed by atoms with Crippen LogP contribution in [0.15, 0.2) is 0 Å². The number of carbonyl (C=O) groups is 2. The van der Waals surface area contributed by atoms with Crippen LogP contribution in [-0.4, -0.2) is 28.7 Å². The quantitative estimate of drug-likeness (QED) is 0.746. The molecule has 2 aliphatic carbocycles. The normalized spacial score (nSPS) is 24.6. The number of carbonyl (C=O) groups excluding carboxylic acids is 1. The summed E-state index contributed by atoms with van der Waals surface area (Å²) >= 11 is 0. The van der Waals surface area contributed by atoms with Crippen LogP contribution < -0.4 is 5.32 Å². The standard InChI is InChI=1S/C10H12F3NO3/c11-10(12,13)9(4-5-9)14-6(15)8(7(16)17)2-1-3-8/h1-5H2,(H,14,15)(H,16,17). The van der Waals surface area contributed by atoms with Crippen LogP contribution in [0, 0.1) is 5.41 Å². The summed E-state index contributed by atoms with van der Waals surface area (Å²) in [7, 11) is 0. The minimum Gasteiger partial charge on any atom is -0.480 e. The van der Waals surface area contributed by atoms with E-state index in [1.807, 2.05) is 5.32 Å². The van der Waals surface area contributed by atoms with E-state index in [1.165, 1.54) is 0 Å². The van der Waals surface area contributed by atoms with Gasteiger partial charge in [-0.15, -0.1) is 0 Å². The first-order valence-corrected chi connectivity index (χ1v) is 5.36. The maximum absolute atomic E-state index is 12.6. The molecule has 2 fully saturated rings. The minimum atomic E-state index is -4.51. The van der Waals surface area contributed by atoms with Gasteiger partial charge in [0, 0.05) is 0 Å². The average Bonchev–Trinajstić information content (AvgIpc) is 2.80. The third-order valence-corrected chi connectivity index (χ3v) is 3.70. The molecule has 0 bridgehead atoms. The molecule has 0 atom stereocenters. The van der Waals surface area contributed by atoms with Gasteiger partial charge in [-0.3, -0.25) is 9.59 Å². The molecule has 7 heteroatoms. The third-order valence-electron chi connectivity index (χ3n) is 3.70. The van der Waals surface area contributed by atoms with Gasteiger partial charge in [-0.1, -0.05) is 6.42 Å². The van der Waals surface area contributed by atoms with E-state index in [0.717, 1.165) is 0 Å². The number of amides is 1. The summed E-state index contributed by atoms with van der Waals surface area (Å²) < 4.78 is 37.8. The average molecular weight is 251 g/mol. The molecular weight excluding hydrogens is 239 g/mol. The maximum atomic E-state index is 12.6. The van der Waals surface area contributed by atoms with Gasteiger partial charge in [0.25, 0.3) is 0 Å². The van der Waals surface area contributed by atoms with Gasteiger partial charge >= 0.3 is 12.1 Å². The molecule has 0 aromatic rings. The number of alkyl halides is 3. The molecule has 2 rings (SSSR count). The van der Waals surface area contributed by atoms with Crippen molar-refractivity contribution in [2.45, 2.75) is 43.8 Å². The number of hydrogen-bond acceptors (Lipinski definition) is 2. The van der Waals surface area contributed by atoms with Crippen LogP contribution in [0.1, 0.15) is 32.1 Å². The Labute approximate surface area is 95.2 Å². The van der Waals surface area contributed by atoms with E-state index in [0.29, 0.717) is 6.42 Å². The van der Waals surface area contributed by atoms with E-state index in [-0.39, 0.29) is 25.7 Å². The maximum Gasteiger partial charge on any atom is 0.411 e. The topological polar surface area (TPSA) is 66.4 Å². The molecule has 17 heavy (non-hydrogen) atoms. The van der Waals surface area contributed by atoms with E-state index in [9.17, 15) is 22.8 Å². The fourth-order valence-electron chi connectivity index (χ4n) is 2.01. The highest BCUT2D eigenvalue weighted by atomic mass is 19.4. The number of nitrogens with one attached hydrogen (secondary N) is 1. The van der Waals surface area contributed by atoms with Crippen LogP contribution in [0.4, 0.5) is 13.2 Å². The number of rotatable bonds is 3. The molecule has 96 valence electrons. The van der Waals surface area contributed by atoms with Gasteiger partial charge in [0.2, 0.25) is 5.91 Å². The van der Waals surface area contributed by atoms with Crippen LogP contribution in [0.25, 0.3) is 0 Å². The predicted molar refractivity (Wildman–Crippen MR) is 50.1 cm³/mol. The molecule has 0 radical (unpaired) electrons. The van der Waals surface area contributed by atoms with Crippen LogP contribution in [-0.2, 0) is 9.59 Å². The first kappa shape index (κ1) is 12.2. The summed E-state index contributed by atoms with van der Waals surface area (Å²) in [4.78, 5) is 22.7. The van der Waals surface area contributed by atoms with E-state index < -0.39 is 29.0 Å². The van der Waals surface area contributed by atoms with Gasteiger partial charge < -0.3 is 10.4 Å². The Bertz CT molecular complexity index is 369. The van der Waals surface area contributed by atoms with Crippen LogP contribution >= 0.6 is 0 Å². The lowest BCUT2D eigenvalue weighted by molar-refractivity contribution is -0.179. The molecule has 0 spiro atoms. The smallest absolute Gasteiger partial charge is 0.411 e. The van der Waals surface area contributed by atoms with Crippen molar-refractivity contribution in [3.63, 3.8) is 0 Å². The second-order valence-corrected chi connectivity index (χ2v) is 4.77. The summed E-state index contributed by atoms with van der Waals surface area (Å²) in [5.74, 6) is -2.33. The minimum absolute atomic E-state index is 0.113. The lowest BCUT2D eigenvalue weighted by Gasteiger charge is -2.37. The Kier molecular flexibility index (Phi) is 2.41. The molecule has 0 aliphatic heterocycles. The Balaban J connectivity index is 2.10. The molecule has 0 heterocycles. The fourth-order valence-corrected chi connectivity index (χ4v) is 2.01. The number of carboxylic acid groups (broad SMARTS) is 1. The van der Waals surface area contributed by atoms with Crippen molar-refractivity contribution in [2.75, 3.05) is 0 Å². The lowest BCUT2D eigenvalue weighted by Crippen LogP contribution is -2.57. The number of aliphatic carboxylic acids is 1. The van der Waals surface area contributed by atoms with Gasteiger partial charge in [0.05, 0.1) is 0 Å². The van der Waals surface area contributed by atoms with Gasteiger partial charge in [-0.2, -0.15) is 13.2 Å². The Morgan fingerprint density at radius 2 is 1.65 bits per heavy atom. The van der Waals surface area contributed by atoms with Crippen LogP contribution in [0.2, 0.25) is 0 Å². The highest BCUT2D eigenvalue weighted by Crippen LogP contribution is 2.50. The van der Waals surface area contributed by atoms with Crippen molar-refractivity contribution in [3.8, 4) is 0 Å². The molecular formula is C10H12F3NO3. The van der Waals surface area contributed by atoms with Crippen molar-refractivity contribution >= 4 is 11.9 Å². The molecule has 1 amide bonds. The molecule has 2 N–H and O–H groups in total. The largest absolute Gasteiger partial charge is 0.480 e. The molecule has 4 nitrogen and oxygen atoms in total. The van der Waals surface area contributed by atoms with Gasteiger partial charge in [0.15, 0.2) is 0 Å². The molecule has 0 unspecified atom stereocenters. The van der Waals surface area contributed by atoms with E-state index in [2.05, 4.69) is 0 Å². The van der Waals surface area contributed by atoms with Crippen LogP contribution in [0.5, 0.6) is 0 Å². The number of carboxylic acids is 1. The first-order chi connectivity index (χ1) is 7.74. The summed E-state index contributed by atoms with van der Waals surface area (Å²) in [6.45, 7) is 0. The van der Waals surface area contributed by atoms with Gasteiger partial charge in [-0.05, 0) is 25.7 Å². The van der Waals surface area contributed by atoms with Gasteiger partial charge in [0.1, 0.15) is 11.0 Å². The number of hydrogen-bond donors (Lipinski definition) is 2. The Hall–Kier alpha value is -1.27.